The molecule has 4 heteroatoms. The van der Waals surface area contributed by atoms with Crippen molar-refractivity contribution in [3.05, 3.63) is 35.4 Å². The number of hydrogen-bond acceptors (Lipinski definition) is 4. The topological polar surface area (TPSA) is 40.6 Å². The molecule has 0 spiro atoms. The van der Waals surface area contributed by atoms with E-state index in [9.17, 15) is 9.59 Å². The highest BCUT2D eigenvalue weighted by atomic mass is 16.1. The van der Waals surface area contributed by atoms with Crippen LogP contribution in [-0.4, -0.2) is 59.6 Å². The van der Waals surface area contributed by atoms with Crippen LogP contribution in [0, 0.1) is 5.92 Å². The largest absolute Gasteiger partial charge is 0.300 e. The van der Waals surface area contributed by atoms with Crippen molar-refractivity contribution in [2.45, 2.75) is 85.2 Å². The van der Waals surface area contributed by atoms with Crippen LogP contribution in [0.25, 0.3) is 0 Å². The Labute approximate surface area is 184 Å². The number of piperazine rings is 1. The fourth-order valence-electron chi connectivity index (χ4n) is 4.65. The summed E-state index contributed by atoms with van der Waals surface area (Å²) >= 11 is 0. The molecule has 3 rings (SSSR count). The molecule has 30 heavy (non-hydrogen) atoms. The first-order valence-electron chi connectivity index (χ1n) is 12.1. The maximum atomic E-state index is 12.4. The van der Waals surface area contributed by atoms with Crippen LogP contribution in [0.4, 0.5) is 0 Å². The first-order chi connectivity index (χ1) is 14.5. The number of carbonyl (C=O) groups excluding carboxylic acids is 2. The van der Waals surface area contributed by atoms with Crippen LogP contribution in [0.3, 0.4) is 0 Å². The highest BCUT2D eigenvalue weighted by Crippen LogP contribution is 2.30. The van der Waals surface area contributed by atoms with Crippen molar-refractivity contribution in [1.82, 2.24) is 9.80 Å². The lowest BCUT2D eigenvalue weighted by Crippen LogP contribution is -2.55. The van der Waals surface area contributed by atoms with Gasteiger partial charge in [-0.1, -0.05) is 52.0 Å². The third kappa shape index (κ3) is 6.75. The summed E-state index contributed by atoms with van der Waals surface area (Å²) in [5.41, 5.74) is 2.11. The average molecular weight is 415 g/mol. The summed E-state index contributed by atoms with van der Waals surface area (Å²) in [6.07, 6.45) is 6.91. The van der Waals surface area contributed by atoms with Gasteiger partial charge < -0.3 is 4.90 Å². The maximum absolute atomic E-state index is 12.4. The van der Waals surface area contributed by atoms with Crippen molar-refractivity contribution in [3.8, 4) is 0 Å². The van der Waals surface area contributed by atoms with Crippen LogP contribution < -0.4 is 0 Å². The van der Waals surface area contributed by atoms with Crippen LogP contribution in [0.5, 0.6) is 0 Å². The van der Waals surface area contributed by atoms with E-state index in [1.54, 1.807) is 6.92 Å². The monoisotopic (exact) mass is 414 g/mol. The van der Waals surface area contributed by atoms with Crippen LogP contribution in [0.1, 0.15) is 82.6 Å². The Bertz CT molecular complexity index is 656. The molecule has 168 valence electrons. The molecule has 2 bridgehead atoms. The quantitative estimate of drug-likeness (QED) is 0.399. The van der Waals surface area contributed by atoms with Gasteiger partial charge in [-0.25, -0.2) is 0 Å². The van der Waals surface area contributed by atoms with E-state index < -0.39 is 0 Å². The van der Waals surface area contributed by atoms with Gasteiger partial charge >= 0.3 is 0 Å². The van der Waals surface area contributed by atoms with Crippen LogP contribution in [-0.2, 0) is 11.2 Å². The summed E-state index contributed by atoms with van der Waals surface area (Å²) in [6.45, 7) is 13.8. The molecule has 0 amide bonds. The van der Waals surface area contributed by atoms with Gasteiger partial charge in [0, 0.05) is 36.7 Å². The van der Waals surface area contributed by atoms with Gasteiger partial charge in [0.2, 0.25) is 0 Å². The smallest absolute Gasteiger partial charge is 0.159 e. The van der Waals surface area contributed by atoms with E-state index in [0.717, 1.165) is 38.0 Å². The summed E-state index contributed by atoms with van der Waals surface area (Å²) in [6, 6.07) is 9.20. The number of fused-ring (bicyclic) bond motifs is 2. The van der Waals surface area contributed by atoms with Crippen molar-refractivity contribution in [3.63, 3.8) is 0 Å². The number of Topliss-reactive ketones (excluding diaryl/α,β-unsaturated/α-hetero) is 2. The lowest BCUT2D eigenvalue weighted by Gasteiger charge is -2.41. The highest BCUT2D eigenvalue weighted by Gasteiger charge is 2.40. The molecule has 3 unspecified atom stereocenters. The van der Waals surface area contributed by atoms with Crippen LogP contribution in [0.2, 0.25) is 0 Å². The second-order valence-electron chi connectivity index (χ2n) is 8.80. The molecule has 0 aromatic heterocycles. The van der Waals surface area contributed by atoms with Crippen molar-refractivity contribution < 1.29 is 9.59 Å². The van der Waals surface area contributed by atoms with E-state index in [0.29, 0.717) is 24.4 Å². The Morgan fingerprint density at radius 1 is 1.03 bits per heavy atom. The van der Waals surface area contributed by atoms with E-state index in [-0.39, 0.29) is 11.7 Å². The molecular formula is C26H42N2O2. The summed E-state index contributed by atoms with van der Waals surface area (Å²) < 4.78 is 0. The Balaban J connectivity index is 0.00000155. The van der Waals surface area contributed by atoms with Gasteiger partial charge in [-0.2, -0.15) is 0 Å². The van der Waals surface area contributed by atoms with Gasteiger partial charge in [0.15, 0.2) is 5.78 Å². The lowest BCUT2D eigenvalue weighted by molar-refractivity contribution is -0.125. The molecule has 1 aromatic carbocycles. The average Bonchev–Trinajstić information content (AvgIpc) is 2.99. The molecule has 0 saturated carbocycles. The van der Waals surface area contributed by atoms with E-state index in [4.69, 9.17) is 0 Å². The molecule has 0 radical (unpaired) electrons. The van der Waals surface area contributed by atoms with Crippen molar-refractivity contribution in [1.29, 1.82) is 0 Å². The van der Waals surface area contributed by atoms with Crippen molar-refractivity contribution in [2.24, 2.45) is 5.92 Å². The number of ketones is 2. The van der Waals surface area contributed by atoms with Crippen LogP contribution in [0.15, 0.2) is 24.3 Å². The second-order valence-corrected chi connectivity index (χ2v) is 8.80. The molecule has 2 saturated heterocycles. The summed E-state index contributed by atoms with van der Waals surface area (Å²) in [4.78, 5) is 28.8. The zero-order chi connectivity index (χ0) is 22.1. The third-order valence-electron chi connectivity index (χ3n) is 6.76. The van der Waals surface area contributed by atoms with Crippen molar-refractivity contribution in [2.75, 3.05) is 26.2 Å². The fraction of sp³-hybridized carbons (Fsp3) is 0.692. The normalized spacial score (nSPS) is 22.3. The molecule has 1 aromatic rings. The minimum Gasteiger partial charge on any atom is -0.300 e. The number of likely N-dealkylation sites (tertiary alicyclic amines) is 1. The molecular weight excluding hydrogens is 372 g/mol. The standard InChI is InChI=1S/C24H36N2O2.C2H6/c1-4-18(2)24(28)17-26-22-12-13-23(26)16-25(15-22)14-6-5-7-20-8-10-21(11-9-20)19(3)27;1-2/h8-11,18,22-23H,4-7,12-17H2,1-3H3;1-2H3. The second kappa shape index (κ2) is 12.4. The number of carbonyl (C=O) groups is 2. The number of nitrogens with zero attached hydrogens (tertiary/aromatic N) is 2. The molecule has 3 atom stereocenters. The summed E-state index contributed by atoms with van der Waals surface area (Å²) in [5, 5.41) is 0. The molecule has 0 aliphatic carbocycles. The minimum absolute atomic E-state index is 0.131. The summed E-state index contributed by atoms with van der Waals surface area (Å²) in [7, 11) is 0. The van der Waals surface area contributed by atoms with Crippen LogP contribution >= 0.6 is 0 Å². The SMILES string of the molecule is CC.CCC(C)C(=O)CN1C2CCC1CN(CCCCc1ccc(C(C)=O)cc1)C2. The lowest BCUT2D eigenvalue weighted by atomic mass is 10.0. The zero-order valence-corrected chi connectivity index (χ0v) is 19.8. The number of aryl methyl sites for hydroxylation is 1. The molecule has 2 fully saturated rings. The predicted octanol–water partition coefficient (Wildman–Crippen LogP) is 5.00. The summed E-state index contributed by atoms with van der Waals surface area (Å²) in [5.74, 6) is 0.747. The predicted molar refractivity (Wildman–Crippen MR) is 125 cm³/mol. The fourth-order valence-corrected chi connectivity index (χ4v) is 4.65. The highest BCUT2D eigenvalue weighted by molar-refractivity contribution is 5.94. The van der Waals surface area contributed by atoms with Gasteiger partial charge in [-0.05, 0) is 57.6 Å². The van der Waals surface area contributed by atoms with E-state index >= 15 is 0 Å². The van der Waals surface area contributed by atoms with Crippen molar-refractivity contribution >= 4 is 11.6 Å². The number of rotatable bonds is 10. The molecule has 2 aliphatic rings. The van der Waals surface area contributed by atoms with E-state index in [2.05, 4.69) is 35.8 Å². The maximum Gasteiger partial charge on any atom is 0.159 e. The van der Waals surface area contributed by atoms with Gasteiger partial charge in [0.05, 0.1) is 6.54 Å². The molecule has 4 nitrogen and oxygen atoms in total. The first kappa shape index (κ1) is 24.7. The minimum atomic E-state index is 0.131. The zero-order valence-electron chi connectivity index (χ0n) is 19.8. The Morgan fingerprint density at radius 2 is 1.63 bits per heavy atom. The Morgan fingerprint density at radius 3 is 2.17 bits per heavy atom. The third-order valence-corrected chi connectivity index (χ3v) is 6.76. The number of benzene rings is 1. The molecule has 2 aliphatic heterocycles. The van der Waals surface area contributed by atoms with Gasteiger partial charge in [0.25, 0.3) is 0 Å². The first-order valence-corrected chi connectivity index (χ1v) is 12.1. The van der Waals surface area contributed by atoms with Gasteiger partial charge in [-0.3, -0.25) is 14.5 Å². The Hall–Kier alpha value is -1.52. The number of unbranched alkanes of at least 4 members (excludes halogenated alkanes) is 1. The molecule has 2 heterocycles. The van der Waals surface area contributed by atoms with Gasteiger partial charge in [0.1, 0.15) is 5.78 Å². The Kier molecular flexibility index (Phi) is 10.2. The van der Waals surface area contributed by atoms with Gasteiger partial charge in [-0.15, -0.1) is 0 Å². The van der Waals surface area contributed by atoms with E-state index in [1.807, 2.05) is 26.0 Å². The number of hydrogen-bond donors (Lipinski definition) is 0. The van der Waals surface area contributed by atoms with E-state index in [1.165, 1.54) is 31.2 Å². The molecule has 0 N–H and O–H groups in total.